The minimum Gasteiger partial charge on any atom is -0.466 e. The number of carbonyl (C=O) groups is 3. The summed E-state index contributed by atoms with van der Waals surface area (Å²) in [5.74, 6) is -3.11. The normalized spacial score (nSPS) is 31.5. The molecule has 1 unspecified atom stereocenters. The number of likely N-dealkylation sites (tertiary alicyclic amines) is 1. The van der Waals surface area contributed by atoms with Crippen molar-refractivity contribution in [1.29, 1.82) is 0 Å². The van der Waals surface area contributed by atoms with Gasteiger partial charge in [0.1, 0.15) is 11.6 Å². The first-order valence-electron chi connectivity index (χ1n) is 12.2. The van der Waals surface area contributed by atoms with E-state index in [2.05, 4.69) is 22.5 Å². The van der Waals surface area contributed by atoms with Gasteiger partial charge in [-0.2, -0.15) is 0 Å². The Hall–Kier alpha value is -1.94. The number of benzene rings is 1. The van der Waals surface area contributed by atoms with E-state index in [-0.39, 0.29) is 42.3 Å². The predicted octanol–water partition coefficient (Wildman–Crippen LogP) is 3.19. The van der Waals surface area contributed by atoms with Gasteiger partial charge in [0.2, 0.25) is 5.91 Å². The van der Waals surface area contributed by atoms with Gasteiger partial charge >= 0.3 is 5.97 Å². The van der Waals surface area contributed by atoms with E-state index >= 15 is 0 Å². The minimum absolute atomic E-state index is 0.147. The van der Waals surface area contributed by atoms with Crippen LogP contribution in [-0.4, -0.2) is 76.2 Å². The molecule has 36 heavy (non-hydrogen) atoms. The van der Waals surface area contributed by atoms with Crippen molar-refractivity contribution in [2.75, 3.05) is 24.7 Å². The fourth-order valence-electron chi connectivity index (χ4n) is 6.05. The van der Waals surface area contributed by atoms with Gasteiger partial charge in [-0.05, 0) is 43.5 Å². The number of halogens is 2. The molecule has 3 heterocycles. The molecule has 3 saturated heterocycles. The fraction of sp³-hybridized carbons (Fsp3) is 0.577. The number of aliphatic hydroxyl groups is 1. The summed E-state index contributed by atoms with van der Waals surface area (Å²) >= 11 is 9.71. The average Bonchev–Trinajstić information content (AvgIpc) is 3.42. The largest absolute Gasteiger partial charge is 0.466 e. The van der Waals surface area contributed by atoms with E-state index in [9.17, 15) is 19.5 Å². The number of ether oxygens (including phenoxy) is 2. The summed E-state index contributed by atoms with van der Waals surface area (Å²) < 4.78 is 11.8. The smallest absolute Gasteiger partial charge is 0.312 e. The van der Waals surface area contributed by atoms with Crippen LogP contribution in [0.15, 0.2) is 36.9 Å². The number of nitrogens with zero attached hydrogens (tertiary/aromatic N) is 2. The molecular weight excluding hydrogens is 552 g/mol. The molecule has 8 nitrogen and oxygen atoms in total. The molecule has 0 aromatic heterocycles. The van der Waals surface area contributed by atoms with Crippen LogP contribution < -0.4 is 4.90 Å². The Balaban J connectivity index is 1.85. The van der Waals surface area contributed by atoms with E-state index in [0.29, 0.717) is 17.1 Å². The Kier molecular flexibility index (Phi) is 7.86. The maximum absolute atomic E-state index is 14.4. The second kappa shape index (κ2) is 10.4. The Morgan fingerprint density at radius 3 is 2.61 bits per heavy atom. The van der Waals surface area contributed by atoms with E-state index in [1.54, 1.807) is 37.3 Å². The topological polar surface area (TPSA) is 96.4 Å². The molecule has 10 heteroatoms. The van der Waals surface area contributed by atoms with Crippen molar-refractivity contribution in [2.24, 2.45) is 17.8 Å². The maximum atomic E-state index is 14.4. The molecule has 3 aliphatic heterocycles. The molecule has 0 radical (unpaired) electrons. The van der Waals surface area contributed by atoms with Crippen LogP contribution in [0.25, 0.3) is 0 Å². The van der Waals surface area contributed by atoms with Gasteiger partial charge in [-0.25, -0.2) is 0 Å². The summed E-state index contributed by atoms with van der Waals surface area (Å²) in [5, 5.41) is 10.8. The van der Waals surface area contributed by atoms with Gasteiger partial charge in [-0.1, -0.05) is 47.5 Å². The SMILES string of the molecule is C=CCN(C(=O)[C@@H]1N([C@@H](CO)C(C)C)C(=O)[C@H]2[C@H](C(=O)OCC)[C@H]3O[C@@]12CC3Br)c1ccc(Cl)cc1. The van der Waals surface area contributed by atoms with Gasteiger partial charge < -0.3 is 24.4 Å². The Morgan fingerprint density at radius 2 is 2.06 bits per heavy atom. The fourth-order valence-corrected chi connectivity index (χ4v) is 7.12. The van der Waals surface area contributed by atoms with E-state index in [4.69, 9.17) is 21.1 Å². The first kappa shape index (κ1) is 27.1. The maximum Gasteiger partial charge on any atom is 0.312 e. The minimum atomic E-state index is -1.24. The Labute approximate surface area is 224 Å². The zero-order valence-electron chi connectivity index (χ0n) is 20.6. The quantitative estimate of drug-likeness (QED) is 0.273. The van der Waals surface area contributed by atoms with Gasteiger partial charge in [0, 0.05) is 22.1 Å². The second-order valence-corrected chi connectivity index (χ2v) is 11.5. The lowest BCUT2D eigenvalue weighted by atomic mass is 9.70. The molecule has 2 amide bonds. The van der Waals surface area contributed by atoms with Gasteiger partial charge in [0.15, 0.2) is 0 Å². The van der Waals surface area contributed by atoms with Crippen LogP contribution in [0, 0.1) is 17.8 Å². The number of aliphatic hydroxyl groups excluding tert-OH is 1. The molecule has 1 aromatic rings. The number of hydrogen-bond acceptors (Lipinski definition) is 6. The number of carbonyl (C=O) groups excluding carboxylic acids is 3. The number of alkyl halides is 1. The molecular formula is C26H32BrClN2O6. The molecule has 3 aliphatic rings. The third kappa shape index (κ3) is 4.18. The zero-order valence-corrected chi connectivity index (χ0v) is 22.9. The van der Waals surface area contributed by atoms with Crippen molar-refractivity contribution < 1.29 is 29.0 Å². The summed E-state index contributed by atoms with van der Waals surface area (Å²) in [6, 6.07) is 5.15. The number of esters is 1. The van der Waals surface area contributed by atoms with Crippen LogP contribution in [0.5, 0.6) is 0 Å². The second-order valence-electron chi connectivity index (χ2n) is 9.87. The monoisotopic (exact) mass is 582 g/mol. The molecule has 0 aliphatic carbocycles. The summed E-state index contributed by atoms with van der Waals surface area (Å²) in [4.78, 5) is 44.3. The average molecular weight is 584 g/mol. The molecule has 3 fully saturated rings. The van der Waals surface area contributed by atoms with Crippen molar-refractivity contribution in [3.8, 4) is 0 Å². The number of amides is 2. The first-order chi connectivity index (χ1) is 17.1. The standard InChI is InChI=1S/C26H32BrClN2O6/c1-5-11-29(16-9-7-15(28)8-10-16)24(33)22-26-12-17(27)21(36-26)19(25(34)35-6-2)20(26)23(32)30(22)18(13-31)14(3)4/h5,7-10,14,17-22,31H,1,6,11-13H2,2-4H3/t17?,18-,19-,20+,21-,22-,26+/m0/s1. The lowest BCUT2D eigenvalue weighted by Gasteiger charge is -2.40. The van der Waals surface area contributed by atoms with Crippen LogP contribution in [0.1, 0.15) is 27.2 Å². The van der Waals surface area contributed by atoms with E-state index in [0.717, 1.165) is 0 Å². The van der Waals surface area contributed by atoms with Gasteiger partial charge in [0.25, 0.3) is 5.91 Å². The number of fused-ring (bicyclic) bond motifs is 1. The van der Waals surface area contributed by atoms with E-state index in [1.807, 2.05) is 13.8 Å². The summed E-state index contributed by atoms with van der Waals surface area (Å²) in [5.41, 5.74) is -0.648. The highest BCUT2D eigenvalue weighted by atomic mass is 79.9. The number of hydrogen-bond donors (Lipinski definition) is 1. The third-order valence-corrected chi connectivity index (χ3v) is 8.65. The van der Waals surface area contributed by atoms with Crippen LogP contribution in [-0.2, 0) is 23.9 Å². The molecule has 1 aromatic carbocycles. The molecule has 0 saturated carbocycles. The Morgan fingerprint density at radius 1 is 1.39 bits per heavy atom. The zero-order chi connectivity index (χ0) is 26.4. The molecule has 1 N–H and O–H groups in total. The van der Waals surface area contributed by atoms with Crippen LogP contribution in [0.4, 0.5) is 5.69 Å². The molecule has 2 bridgehead atoms. The predicted molar refractivity (Wildman–Crippen MR) is 139 cm³/mol. The Bertz CT molecular complexity index is 1040. The summed E-state index contributed by atoms with van der Waals surface area (Å²) in [6.45, 7) is 9.32. The van der Waals surface area contributed by atoms with Crippen molar-refractivity contribution >= 4 is 51.0 Å². The lowest BCUT2D eigenvalue weighted by molar-refractivity contribution is -0.155. The van der Waals surface area contributed by atoms with Crippen LogP contribution >= 0.6 is 27.5 Å². The lowest BCUT2D eigenvalue weighted by Crippen LogP contribution is -2.60. The van der Waals surface area contributed by atoms with Crippen molar-refractivity contribution in [2.45, 2.75) is 55.8 Å². The highest BCUT2D eigenvalue weighted by Crippen LogP contribution is 2.61. The molecule has 7 atom stereocenters. The van der Waals surface area contributed by atoms with E-state index in [1.165, 1.54) is 9.80 Å². The summed E-state index contributed by atoms with van der Waals surface area (Å²) in [6.07, 6.45) is 1.39. The number of anilines is 1. The van der Waals surface area contributed by atoms with Crippen LogP contribution in [0.3, 0.4) is 0 Å². The van der Waals surface area contributed by atoms with Crippen molar-refractivity contribution in [1.82, 2.24) is 4.90 Å². The van der Waals surface area contributed by atoms with Crippen molar-refractivity contribution in [3.05, 3.63) is 41.9 Å². The highest BCUT2D eigenvalue weighted by molar-refractivity contribution is 9.09. The summed E-state index contributed by atoms with van der Waals surface area (Å²) in [7, 11) is 0. The van der Waals surface area contributed by atoms with Crippen LogP contribution in [0.2, 0.25) is 5.02 Å². The van der Waals surface area contributed by atoms with Gasteiger partial charge in [0.05, 0.1) is 37.2 Å². The molecule has 196 valence electrons. The highest BCUT2D eigenvalue weighted by Gasteiger charge is 2.77. The number of rotatable bonds is 9. The van der Waals surface area contributed by atoms with Crippen molar-refractivity contribution in [3.63, 3.8) is 0 Å². The van der Waals surface area contributed by atoms with Gasteiger partial charge in [-0.15, -0.1) is 6.58 Å². The first-order valence-corrected chi connectivity index (χ1v) is 13.5. The molecule has 1 spiro atoms. The van der Waals surface area contributed by atoms with E-state index < -0.39 is 41.6 Å². The third-order valence-electron chi connectivity index (χ3n) is 7.55. The van der Waals surface area contributed by atoms with Gasteiger partial charge in [-0.3, -0.25) is 14.4 Å². The molecule has 4 rings (SSSR count).